The molecule has 0 saturated heterocycles. The van der Waals surface area contributed by atoms with Crippen LogP contribution in [-0.2, 0) is 10.5 Å². The number of hydrogen-bond donors (Lipinski definition) is 1. The van der Waals surface area contributed by atoms with Crippen LogP contribution in [0, 0.1) is 0 Å². The van der Waals surface area contributed by atoms with Gasteiger partial charge in [0.25, 0.3) is 0 Å². The number of benzene rings is 2. The fourth-order valence-corrected chi connectivity index (χ4v) is 3.65. The summed E-state index contributed by atoms with van der Waals surface area (Å²) in [5.41, 5.74) is 1.25. The molecule has 1 atom stereocenters. The first-order valence-electron chi connectivity index (χ1n) is 7.47. The summed E-state index contributed by atoms with van der Waals surface area (Å²) >= 11 is 9.23. The van der Waals surface area contributed by atoms with Crippen molar-refractivity contribution in [2.75, 3.05) is 12.3 Å². The Bertz CT molecular complexity index is 604. The third-order valence-corrected chi connectivity index (χ3v) is 5.68. The smallest absolute Gasteiger partial charge is 0.232 e. The molecule has 23 heavy (non-hydrogen) atoms. The third kappa shape index (κ3) is 6.90. The van der Waals surface area contributed by atoms with Crippen molar-refractivity contribution in [2.24, 2.45) is 0 Å². The van der Waals surface area contributed by atoms with E-state index in [2.05, 4.69) is 17.4 Å². The van der Waals surface area contributed by atoms with Crippen LogP contribution in [0.4, 0.5) is 0 Å². The third-order valence-electron chi connectivity index (χ3n) is 3.20. The zero-order valence-electron chi connectivity index (χ0n) is 13.0. The average Bonchev–Trinajstić information content (AvgIpc) is 2.59. The number of rotatable bonds is 8. The number of halogens is 1. The van der Waals surface area contributed by atoms with Crippen molar-refractivity contribution in [3.8, 4) is 0 Å². The van der Waals surface area contributed by atoms with E-state index in [1.54, 1.807) is 23.5 Å². The molecule has 0 fully saturated rings. The van der Waals surface area contributed by atoms with E-state index >= 15 is 0 Å². The average molecular weight is 366 g/mol. The molecule has 5 heteroatoms. The number of amides is 1. The normalized spacial score (nSPS) is 11.9. The Morgan fingerprint density at radius 3 is 2.52 bits per heavy atom. The van der Waals surface area contributed by atoms with Crippen molar-refractivity contribution < 1.29 is 4.79 Å². The molecule has 2 nitrogen and oxygen atoms in total. The molecular formula is C18H20ClNOS2. The van der Waals surface area contributed by atoms with Crippen LogP contribution in [0.25, 0.3) is 0 Å². The van der Waals surface area contributed by atoms with Gasteiger partial charge in [-0.3, -0.25) is 4.79 Å². The highest BCUT2D eigenvalue weighted by Crippen LogP contribution is 2.20. The molecule has 1 amide bonds. The maximum atomic E-state index is 12.1. The van der Waals surface area contributed by atoms with E-state index in [9.17, 15) is 4.79 Å². The van der Waals surface area contributed by atoms with Crippen LogP contribution in [0.15, 0.2) is 59.5 Å². The van der Waals surface area contributed by atoms with Crippen molar-refractivity contribution in [2.45, 2.75) is 22.8 Å². The second-order valence-corrected chi connectivity index (χ2v) is 7.97. The Morgan fingerprint density at radius 1 is 1.13 bits per heavy atom. The maximum Gasteiger partial charge on any atom is 0.232 e. The molecule has 0 bridgehead atoms. The number of thioether (sulfide) groups is 2. The lowest BCUT2D eigenvalue weighted by atomic mass is 10.2. The summed E-state index contributed by atoms with van der Waals surface area (Å²) < 4.78 is 0. The van der Waals surface area contributed by atoms with Gasteiger partial charge < -0.3 is 5.32 Å². The highest BCUT2D eigenvalue weighted by Gasteiger charge is 2.12. The molecule has 0 saturated carbocycles. The van der Waals surface area contributed by atoms with Gasteiger partial charge in [0, 0.05) is 28.0 Å². The second kappa shape index (κ2) is 9.91. The van der Waals surface area contributed by atoms with Gasteiger partial charge in [0.15, 0.2) is 0 Å². The monoisotopic (exact) mass is 365 g/mol. The summed E-state index contributed by atoms with van der Waals surface area (Å²) in [5.74, 6) is 1.81. The Morgan fingerprint density at radius 2 is 1.83 bits per heavy atom. The number of nitrogens with one attached hydrogen (secondary N) is 1. The van der Waals surface area contributed by atoms with Gasteiger partial charge in [0.2, 0.25) is 5.91 Å². The molecule has 1 unspecified atom stereocenters. The molecular weight excluding hydrogens is 346 g/mol. The zero-order chi connectivity index (χ0) is 16.5. The first-order valence-corrected chi connectivity index (χ1v) is 9.88. The Kier molecular flexibility index (Phi) is 7.86. The molecule has 2 aromatic rings. The standard InChI is InChI=1S/C18H20ClNOS2/c1-14(23-13-15-5-3-2-4-6-15)18(21)20-11-12-22-17-9-7-16(19)8-10-17/h2-10,14H,11-13H2,1H3,(H,20,21). The first-order chi connectivity index (χ1) is 11.1. The minimum Gasteiger partial charge on any atom is -0.354 e. The lowest BCUT2D eigenvalue weighted by Crippen LogP contribution is -2.32. The minimum atomic E-state index is -0.0456. The summed E-state index contributed by atoms with van der Waals surface area (Å²) in [4.78, 5) is 13.2. The first kappa shape index (κ1) is 18.2. The summed E-state index contributed by atoms with van der Waals surface area (Å²) in [6.07, 6.45) is 0. The molecule has 0 radical (unpaired) electrons. The van der Waals surface area contributed by atoms with Crippen LogP contribution < -0.4 is 5.32 Å². The van der Waals surface area contributed by atoms with Crippen molar-refractivity contribution in [1.29, 1.82) is 0 Å². The van der Waals surface area contributed by atoms with Gasteiger partial charge in [-0.2, -0.15) is 0 Å². The van der Waals surface area contributed by atoms with Crippen molar-refractivity contribution in [3.63, 3.8) is 0 Å². The fourth-order valence-electron chi connectivity index (χ4n) is 1.89. The van der Waals surface area contributed by atoms with Crippen LogP contribution in [-0.4, -0.2) is 23.5 Å². The van der Waals surface area contributed by atoms with Crippen molar-refractivity contribution in [3.05, 3.63) is 65.2 Å². The molecule has 0 aliphatic rings. The van der Waals surface area contributed by atoms with E-state index < -0.39 is 0 Å². The summed E-state index contributed by atoms with van der Waals surface area (Å²) in [6.45, 7) is 2.62. The minimum absolute atomic E-state index is 0.0456. The van der Waals surface area contributed by atoms with Gasteiger partial charge in [-0.1, -0.05) is 41.9 Å². The summed E-state index contributed by atoms with van der Waals surface area (Å²) in [5, 5.41) is 3.69. The van der Waals surface area contributed by atoms with Gasteiger partial charge in [-0.15, -0.1) is 23.5 Å². The molecule has 0 spiro atoms. The predicted molar refractivity (Wildman–Crippen MR) is 102 cm³/mol. The van der Waals surface area contributed by atoms with Crippen LogP contribution >= 0.6 is 35.1 Å². The number of carbonyl (C=O) groups is 1. The Balaban J connectivity index is 1.63. The lowest BCUT2D eigenvalue weighted by molar-refractivity contribution is -0.120. The molecule has 122 valence electrons. The highest BCUT2D eigenvalue weighted by atomic mass is 35.5. The van der Waals surface area contributed by atoms with Gasteiger partial charge in [0.1, 0.15) is 0 Å². The van der Waals surface area contributed by atoms with E-state index in [4.69, 9.17) is 11.6 Å². The van der Waals surface area contributed by atoms with Crippen molar-refractivity contribution in [1.82, 2.24) is 5.32 Å². The topological polar surface area (TPSA) is 29.1 Å². The molecule has 0 aromatic heterocycles. The molecule has 2 rings (SSSR count). The van der Waals surface area contributed by atoms with Gasteiger partial charge in [-0.05, 0) is 36.8 Å². The van der Waals surface area contributed by atoms with E-state index in [0.717, 1.165) is 21.4 Å². The highest BCUT2D eigenvalue weighted by molar-refractivity contribution is 7.99. The Labute approximate surface area is 151 Å². The molecule has 1 N–H and O–H groups in total. The van der Waals surface area contributed by atoms with Gasteiger partial charge >= 0.3 is 0 Å². The molecule has 2 aromatic carbocycles. The van der Waals surface area contributed by atoms with Crippen LogP contribution in [0.1, 0.15) is 12.5 Å². The van der Waals surface area contributed by atoms with E-state index in [1.807, 2.05) is 49.4 Å². The fraction of sp³-hybridized carbons (Fsp3) is 0.278. The van der Waals surface area contributed by atoms with Crippen LogP contribution in [0.2, 0.25) is 5.02 Å². The molecule has 0 heterocycles. The number of hydrogen-bond acceptors (Lipinski definition) is 3. The maximum absolute atomic E-state index is 12.1. The van der Waals surface area contributed by atoms with Gasteiger partial charge in [-0.25, -0.2) is 0 Å². The largest absolute Gasteiger partial charge is 0.354 e. The summed E-state index contributed by atoms with van der Waals surface area (Å²) in [7, 11) is 0. The quantitative estimate of drug-likeness (QED) is 0.534. The predicted octanol–water partition coefficient (Wildman–Crippen LogP) is 4.87. The van der Waals surface area contributed by atoms with E-state index in [0.29, 0.717) is 6.54 Å². The number of carbonyl (C=O) groups excluding carboxylic acids is 1. The SMILES string of the molecule is CC(SCc1ccccc1)C(=O)NCCSc1ccc(Cl)cc1. The van der Waals surface area contributed by atoms with Crippen LogP contribution in [0.5, 0.6) is 0 Å². The molecule has 0 aliphatic carbocycles. The van der Waals surface area contributed by atoms with Crippen molar-refractivity contribution >= 4 is 41.0 Å². The van der Waals surface area contributed by atoms with E-state index in [-0.39, 0.29) is 11.2 Å². The van der Waals surface area contributed by atoms with E-state index in [1.165, 1.54) is 5.56 Å². The zero-order valence-corrected chi connectivity index (χ0v) is 15.4. The second-order valence-electron chi connectivity index (χ2n) is 5.03. The lowest BCUT2D eigenvalue weighted by Gasteiger charge is -2.12. The van der Waals surface area contributed by atoms with Crippen LogP contribution in [0.3, 0.4) is 0 Å². The van der Waals surface area contributed by atoms with Gasteiger partial charge in [0.05, 0.1) is 5.25 Å². The summed E-state index contributed by atoms with van der Waals surface area (Å²) in [6, 6.07) is 18.0. The molecule has 0 aliphatic heterocycles. The Hall–Kier alpha value is -1.10.